The monoisotopic (exact) mass is 332 g/mol. The minimum absolute atomic E-state index is 0.0796. The molecular formula is C23H24O2. The molecule has 0 bridgehead atoms. The highest BCUT2D eigenvalue weighted by Crippen LogP contribution is 2.28. The Labute approximate surface area is 149 Å². The van der Waals surface area contributed by atoms with Crippen LogP contribution in [0, 0.1) is 6.92 Å². The standard InChI is InChI=1S/C23H24O2/c1-16-14-19(23(2,3)4)12-13-21(16)25-22(24)15-18-10-7-9-17-8-5-6-11-20(17)18/h5-14H,15H2,1-4H3. The highest BCUT2D eigenvalue weighted by molar-refractivity contribution is 5.89. The Bertz CT molecular complexity index is 912. The second-order valence-electron chi connectivity index (χ2n) is 7.52. The van der Waals surface area contributed by atoms with Gasteiger partial charge in [-0.1, -0.05) is 75.4 Å². The molecule has 0 aliphatic heterocycles. The van der Waals surface area contributed by atoms with E-state index in [0.717, 1.165) is 21.9 Å². The number of carbonyl (C=O) groups excluding carboxylic acids is 1. The van der Waals surface area contributed by atoms with Gasteiger partial charge in [0.05, 0.1) is 6.42 Å². The highest BCUT2D eigenvalue weighted by atomic mass is 16.5. The van der Waals surface area contributed by atoms with Gasteiger partial charge in [-0.05, 0) is 45.9 Å². The largest absolute Gasteiger partial charge is 0.426 e. The number of rotatable bonds is 3. The maximum Gasteiger partial charge on any atom is 0.315 e. The summed E-state index contributed by atoms with van der Waals surface area (Å²) < 4.78 is 5.63. The number of ether oxygens (including phenoxy) is 1. The maximum atomic E-state index is 12.4. The Hall–Kier alpha value is -2.61. The molecule has 0 heterocycles. The molecule has 0 radical (unpaired) electrons. The van der Waals surface area contributed by atoms with Crippen molar-refractivity contribution in [3.63, 3.8) is 0 Å². The molecule has 128 valence electrons. The molecule has 2 nitrogen and oxygen atoms in total. The predicted octanol–water partition coefficient (Wildman–Crippen LogP) is 5.59. The Balaban J connectivity index is 1.79. The molecule has 0 saturated heterocycles. The summed E-state index contributed by atoms with van der Waals surface area (Å²) in [6, 6.07) is 20.1. The summed E-state index contributed by atoms with van der Waals surface area (Å²) in [6.07, 6.45) is 0.266. The van der Waals surface area contributed by atoms with Crippen molar-refractivity contribution >= 4 is 16.7 Å². The van der Waals surface area contributed by atoms with Crippen molar-refractivity contribution in [3.05, 3.63) is 77.4 Å². The van der Waals surface area contributed by atoms with Gasteiger partial charge in [0.15, 0.2) is 0 Å². The molecule has 0 N–H and O–H groups in total. The van der Waals surface area contributed by atoms with Gasteiger partial charge >= 0.3 is 5.97 Å². The minimum atomic E-state index is -0.233. The van der Waals surface area contributed by atoms with Crippen molar-refractivity contribution in [2.45, 2.75) is 39.5 Å². The second-order valence-corrected chi connectivity index (χ2v) is 7.52. The molecular weight excluding hydrogens is 308 g/mol. The Morgan fingerprint density at radius 3 is 2.40 bits per heavy atom. The van der Waals surface area contributed by atoms with E-state index in [1.807, 2.05) is 49.4 Å². The van der Waals surface area contributed by atoms with Crippen molar-refractivity contribution in [2.24, 2.45) is 0 Å². The lowest BCUT2D eigenvalue weighted by Crippen LogP contribution is -2.14. The van der Waals surface area contributed by atoms with E-state index in [9.17, 15) is 4.79 Å². The molecule has 0 amide bonds. The third-order valence-corrected chi connectivity index (χ3v) is 4.48. The van der Waals surface area contributed by atoms with Gasteiger partial charge in [0, 0.05) is 0 Å². The zero-order valence-electron chi connectivity index (χ0n) is 15.3. The fourth-order valence-electron chi connectivity index (χ4n) is 2.99. The Morgan fingerprint density at radius 2 is 1.68 bits per heavy atom. The highest BCUT2D eigenvalue weighted by Gasteiger charge is 2.16. The van der Waals surface area contributed by atoms with Gasteiger partial charge < -0.3 is 4.74 Å². The average molecular weight is 332 g/mol. The van der Waals surface area contributed by atoms with E-state index in [2.05, 4.69) is 39.0 Å². The van der Waals surface area contributed by atoms with E-state index in [1.165, 1.54) is 5.56 Å². The molecule has 0 spiro atoms. The van der Waals surface area contributed by atoms with Crippen LogP contribution in [0.4, 0.5) is 0 Å². The van der Waals surface area contributed by atoms with Crippen LogP contribution in [0.5, 0.6) is 5.75 Å². The van der Waals surface area contributed by atoms with Crippen LogP contribution in [0.1, 0.15) is 37.5 Å². The van der Waals surface area contributed by atoms with Crippen LogP contribution in [0.25, 0.3) is 10.8 Å². The topological polar surface area (TPSA) is 26.3 Å². The lowest BCUT2D eigenvalue weighted by Gasteiger charge is -2.20. The van der Waals surface area contributed by atoms with Crippen molar-refractivity contribution in [2.75, 3.05) is 0 Å². The fraction of sp³-hybridized carbons (Fsp3) is 0.261. The molecule has 0 aliphatic carbocycles. The lowest BCUT2D eigenvalue weighted by atomic mass is 9.86. The Morgan fingerprint density at radius 1 is 0.960 bits per heavy atom. The van der Waals surface area contributed by atoms with Crippen LogP contribution < -0.4 is 4.74 Å². The summed E-state index contributed by atoms with van der Waals surface area (Å²) in [5.74, 6) is 0.404. The third kappa shape index (κ3) is 3.90. The Kier molecular flexibility index (Phi) is 4.63. The summed E-state index contributed by atoms with van der Waals surface area (Å²) in [5, 5.41) is 2.24. The van der Waals surface area contributed by atoms with Gasteiger partial charge in [0.25, 0.3) is 0 Å². The molecule has 3 aromatic carbocycles. The van der Waals surface area contributed by atoms with E-state index < -0.39 is 0 Å². The zero-order valence-corrected chi connectivity index (χ0v) is 15.3. The van der Waals surface area contributed by atoms with E-state index in [1.54, 1.807) is 0 Å². The molecule has 0 atom stereocenters. The number of fused-ring (bicyclic) bond motifs is 1. The summed E-state index contributed by atoms with van der Waals surface area (Å²) in [5.41, 5.74) is 3.29. The number of hydrogen-bond donors (Lipinski definition) is 0. The number of esters is 1. The molecule has 3 rings (SSSR count). The van der Waals surface area contributed by atoms with E-state index in [0.29, 0.717) is 5.75 Å². The van der Waals surface area contributed by atoms with Crippen molar-refractivity contribution in [1.82, 2.24) is 0 Å². The van der Waals surface area contributed by atoms with Crippen LogP contribution in [-0.2, 0) is 16.6 Å². The average Bonchev–Trinajstić information content (AvgIpc) is 2.56. The van der Waals surface area contributed by atoms with Crippen LogP contribution in [0.15, 0.2) is 60.7 Å². The SMILES string of the molecule is Cc1cc(C(C)(C)C)ccc1OC(=O)Cc1cccc2ccccc12. The van der Waals surface area contributed by atoms with Crippen molar-refractivity contribution in [1.29, 1.82) is 0 Å². The van der Waals surface area contributed by atoms with Gasteiger partial charge in [-0.25, -0.2) is 0 Å². The molecule has 0 aromatic heterocycles. The molecule has 3 aromatic rings. The van der Waals surface area contributed by atoms with Crippen molar-refractivity contribution < 1.29 is 9.53 Å². The lowest BCUT2D eigenvalue weighted by molar-refractivity contribution is -0.133. The smallest absolute Gasteiger partial charge is 0.315 e. The number of hydrogen-bond acceptors (Lipinski definition) is 2. The van der Waals surface area contributed by atoms with Gasteiger partial charge in [0.1, 0.15) is 5.75 Å². The van der Waals surface area contributed by atoms with E-state index >= 15 is 0 Å². The summed E-state index contributed by atoms with van der Waals surface area (Å²) in [7, 11) is 0. The van der Waals surface area contributed by atoms with Crippen molar-refractivity contribution in [3.8, 4) is 5.75 Å². The second kappa shape index (κ2) is 6.72. The summed E-state index contributed by atoms with van der Waals surface area (Å²) in [6.45, 7) is 8.51. The minimum Gasteiger partial charge on any atom is -0.426 e. The first kappa shape index (κ1) is 17.2. The van der Waals surface area contributed by atoms with Gasteiger partial charge in [0.2, 0.25) is 0 Å². The molecule has 0 saturated carbocycles. The first-order valence-corrected chi connectivity index (χ1v) is 8.63. The fourth-order valence-corrected chi connectivity index (χ4v) is 2.99. The molecule has 2 heteroatoms. The maximum absolute atomic E-state index is 12.4. The summed E-state index contributed by atoms with van der Waals surface area (Å²) >= 11 is 0. The first-order valence-electron chi connectivity index (χ1n) is 8.63. The van der Waals surface area contributed by atoms with Crippen LogP contribution in [0.3, 0.4) is 0 Å². The molecule has 0 fully saturated rings. The predicted molar refractivity (Wildman–Crippen MR) is 103 cm³/mol. The molecule has 0 unspecified atom stereocenters. The van der Waals surface area contributed by atoms with E-state index in [-0.39, 0.29) is 17.8 Å². The van der Waals surface area contributed by atoms with Crippen LogP contribution in [0.2, 0.25) is 0 Å². The van der Waals surface area contributed by atoms with Gasteiger partial charge in [-0.15, -0.1) is 0 Å². The molecule has 25 heavy (non-hydrogen) atoms. The molecule has 0 aliphatic rings. The summed E-state index contributed by atoms with van der Waals surface area (Å²) in [4.78, 5) is 12.4. The van der Waals surface area contributed by atoms with E-state index in [4.69, 9.17) is 4.74 Å². The van der Waals surface area contributed by atoms with Crippen LogP contribution in [-0.4, -0.2) is 5.97 Å². The first-order chi connectivity index (χ1) is 11.8. The zero-order chi connectivity index (χ0) is 18.0. The van der Waals surface area contributed by atoms with Crippen LogP contribution >= 0.6 is 0 Å². The van der Waals surface area contributed by atoms with Gasteiger partial charge in [-0.2, -0.15) is 0 Å². The van der Waals surface area contributed by atoms with Gasteiger partial charge in [-0.3, -0.25) is 4.79 Å². The normalized spacial score (nSPS) is 11.5. The number of aryl methyl sites for hydroxylation is 1. The number of carbonyl (C=O) groups is 1. The quantitative estimate of drug-likeness (QED) is 0.461. The number of benzene rings is 3. The third-order valence-electron chi connectivity index (χ3n) is 4.48.